The van der Waals surface area contributed by atoms with E-state index in [9.17, 15) is 19.5 Å². The summed E-state index contributed by atoms with van der Waals surface area (Å²) in [6, 6.07) is 16.3. The van der Waals surface area contributed by atoms with Crippen LogP contribution in [0, 0.1) is 5.92 Å². The van der Waals surface area contributed by atoms with Crippen LogP contribution in [0.5, 0.6) is 0 Å². The van der Waals surface area contributed by atoms with E-state index in [1.807, 2.05) is 24.3 Å². The Bertz CT molecular complexity index is 1160. The number of aliphatic carboxylic acids is 1. The Kier molecular flexibility index (Phi) is 5.13. The molecule has 6 rings (SSSR count). The third kappa shape index (κ3) is 3.35. The normalized spacial score (nSPS) is 25.8. The molecule has 35 heavy (non-hydrogen) atoms. The predicted molar refractivity (Wildman–Crippen MR) is 129 cm³/mol. The van der Waals surface area contributed by atoms with Crippen molar-refractivity contribution in [2.24, 2.45) is 5.92 Å². The highest BCUT2D eigenvalue weighted by Crippen LogP contribution is 2.55. The van der Waals surface area contributed by atoms with Gasteiger partial charge in [0.05, 0.1) is 0 Å². The Morgan fingerprint density at radius 3 is 2.23 bits per heavy atom. The number of likely N-dealkylation sites (tertiary alicyclic amines) is 1. The maximum atomic E-state index is 13.8. The van der Waals surface area contributed by atoms with Gasteiger partial charge in [-0.15, -0.1) is 0 Å². The topological polar surface area (TPSA) is 95.9 Å². The number of benzene rings is 2. The van der Waals surface area contributed by atoms with Crippen molar-refractivity contribution in [2.75, 3.05) is 13.2 Å². The summed E-state index contributed by atoms with van der Waals surface area (Å²) in [7, 11) is 0. The summed E-state index contributed by atoms with van der Waals surface area (Å²) in [5.74, 6) is -1.23. The molecule has 2 amide bonds. The number of amides is 2. The predicted octanol–water partition coefficient (Wildman–Crippen LogP) is 4.30. The first-order valence-corrected chi connectivity index (χ1v) is 12.6. The number of ether oxygens (including phenoxy) is 1. The van der Waals surface area contributed by atoms with Gasteiger partial charge in [-0.2, -0.15) is 0 Å². The van der Waals surface area contributed by atoms with E-state index in [-0.39, 0.29) is 24.3 Å². The molecule has 4 aliphatic rings. The number of hydrogen-bond acceptors (Lipinski definition) is 4. The molecule has 0 bridgehead atoms. The Balaban J connectivity index is 1.19. The van der Waals surface area contributed by atoms with Crippen molar-refractivity contribution in [1.82, 2.24) is 10.2 Å². The van der Waals surface area contributed by atoms with E-state index in [4.69, 9.17) is 4.74 Å². The molecule has 7 nitrogen and oxygen atoms in total. The van der Waals surface area contributed by atoms with Gasteiger partial charge in [0.25, 0.3) is 0 Å². The lowest BCUT2D eigenvalue weighted by molar-refractivity contribution is -0.157. The van der Waals surface area contributed by atoms with Crippen molar-refractivity contribution >= 4 is 18.0 Å². The van der Waals surface area contributed by atoms with E-state index in [1.54, 1.807) is 4.90 Å². The molecular formula is C28H30N2O5. The van der Waals surface area contributed by atoms with Gasteiger partial charge < -0.3 is 20.1 Å². The average molecular weight is 475 g/mol. The summed E-state index contributed by atoms with van der Waals surface area (Å²) < 4.78 is 5.74. The molecule has 2 N–H and O–H groups in total. The lowest BCUT2D eigenvalue weighted by atomic mass is 9.92. The number of alkyl carbamates (subject to hydrolysis) is 1. The molecule has 0 radical (unpaired) electrons. The van der Waals surface area contributed by atoms with Gasteiger partial charge in [-0.25, -0.2) is 9.59 Å². The lowest BCUT2D eigenvalue weighted by Gasteiger charge is -2.40. The van der Waals surface area contributed by atoms with E-state index in [0.717, 1.165) is 47.9 Å². The van der Waals surface area contributed by atoms with Crippen molar-refractivity contribution in [3.8, 4) is 11.1 Å². The largest absolute Gasteiger partial charge is 0.479 e. The number of carbonyl (C=O) groups is 3. The molecule has 2 aromatic rings. The third-order valence-electron chi connectivity index (χ3n) is 8.66. The molecule has 2 saturated carbocycles. The van der Waals surface area contributed by atoms with Crippen molar-refractivity contribution < 1.29 is 24.2 Å². The highest BCUT2D eigenvalue weighted by Gasteiger charge is 2.68. The van der Waals surface area contributed by atoms with Crippen LogP contribution in [0.1, 0.15) is 62.0 Å². The Morgan fingerprint density at radius 1 is 0.971 bits per heavy atom. The van der Waals surface area contributed by atoms with Crippen LogP contribution in [-0.4, -0.2) is 52.2 Å². The zero-order valence-electron chi connectivity index (χ0n) is 19.7. The van der Waals surface area contributed by atoms with Gasteiger partial charge >= 0.3 is 12.1 Å². The van der Waals surface area contributed by atoms with Crippen LogP contribution in [0.4, 0.5) is 4.79 Å². The van der Waals surface area contributed by atoms with E-state index >= 15 is 0 Å². The SMILES string of the molecule is O=C(NC1(C(=O)N2CCCC3CC32C(=O)O)CCCC1)OCC1c2ccccc2-c2ccccc21. The Morgan fingerprint density at radius 2 is 1.60 bits per heavy atom. The summed E-state index contributed by atoms with van der Waals surface area (Å²) in [6.07, 6.45) is 4.17. The number of carboxylic acid groups (broad SMARTS) is 1. The van der Waals surface area contributed by atoms with Gasteiger partial charge in [0.1, 0.15) is 17.7 Å². The molecule has 2 atom stereocenters. The number of carboxylic acids is 1. The van der Waals surface area contributed by atoms with Gasteiger partial charge in [-0.1, -0.05) is 61.4 Å². The summed E-state index contributed by atoms with van der Waals surface area (Å²) in [5, 5.41) is 12.8. The van der Waals surface area contributed by atoms with Crippen LogP contribution in [0.25, 0.3) is 11.1 Å². The summed E-state index contributed by atoms with van der Waals surface area (Å²) in [6.45, 7) is 0.602. The number of rotatable bonds is 5. The molecular weight excluding hydrogens is 444 g/mol. The van der Waals surface area contributed by atoms with Crippen LogP contribution in [-0.2, 0) is 14.3 Å². The standard InChI is InChI=1S/C28H30N2O5/c31-24(30-15-7-8-18-16-28(18,30)25(32)33)27(13-5-6-14-27)29-26(34)35-17-23-21-11-3-1-9-19(21)20-10-2-4-12-22(20)23/h1-4,9-12,18,23H,5-8,13-17H2,(H,29,34)(H,32,33). The van der Waals surface area contributed by atoms with E-state index in [2.05, 4.69) is 29.6 Å². The molecule has 3 fully saturated rings. The summed E-state index contributed by atoms with van der Waals surface area (Å²) in [4.78, 5) is 40.5. The third-order valence-corrected chi connectivity index (χ3v) is 8.66. The van der Waals surface area contributed by atoms with Crippen LogP contribution in [0.3, 0.4) is 0 Å². The number of fused-ring (bicyclic) bond motifs is 4. The van der Waals surface area contributed by atoms with E-state index in [0.29, 0.717) is 25.8 Å². The smallest absolute Gasteiger partial charge is 0.408 e. The van der Waals surface area contributed by atoms with Crippen molar-refractivity contribution in [3.63, 3.8) is 0 Å². The maximum Gasteiger partial charge on any atom is 0.408 e. The Hall–Kier alpha value is -3.35. The summed E-state index contributed by atoms with van der Waals surface area (Å²) >= 11 is 0. The highest BCUT2D eigenvalue weighted by atomic mass is 16.5. The molecule has 1 saturated heterocycles. The van der Waals surface area contributed by atoms with Crippen molar-refractivity contribution in [2.45, 2.75) is 61.9 Å². The minimum Gasteiger partial charge on any atom is -0.479 e. The van der Waals surface area contributed by atoms with Gasteiger partial charge in [0.15, 0.2) is 0 Å². The Labute approximate surface area is 204 Å². The zero-order chi connectivity index (χ0) is 24.2. The van der Waals surface area contributed by atoms with Crippen LogP contribution in [0.15, 0.2) is 48.5 Å². The second-order valence-corrected chi connectivity index (χ2v) is 10.5. The highest BCUT2D eigenvalue weighted by molar-refractivity contribution is 5.96. The number of piperidine rings is 1. The molecule has 1 heterocycles. The number of nitrogens with one attached hydrogen (secondary N) is 1. The summed E-state index contributed by atoms with van der Waals surface area (Å²) in [5.41, 5.74) is 2.39. The first-order valence-electron chi connectivity index (χ1n) is 12.6. The number of hydrogen-bond donors (Lipinski definition) is 2. The van der Waals surface area contributed by atoms with Crippen molar-refractivity contribution in [1.29, 1.82) is 0 Å². The van der Waals surface area contributed by atoms with Crippen molar-refractivity contribution in [3.05, 3.63) is 59.7 Å². The van der Waals surface area contributed by atoms with Gasteiger partial charge in [-0.05, 0) is 60.3 Å². The first-order chi connectivity index (χ1) is 17.0. The van der Waals surface area contributed by atoms with Gasteiger partial charge in [-0.3, -0.25) is 4.79 Å². The molecule has 3 aliphatic carbocycles. The van der Waals surface area contributed by atoms with Gasteiger partial charge in [0.2, 0.25) is 5.91 Å². The van der Waals surface area contributed by atoms with E-state index in [1.165, 1.54) is 0 Å². The zero-order valence-corrected chi connectivity index (χ0v) is 19.7. The molecule has 7 heteroatoms. The quantitative estimate of drug-likeness (QED) is 0.674. The molecule has 0 spiro atoms. The lowest BCUT2D eigenvalue weighted by Crippen LogP contribution is -2.63. The minimum absolute atomic E-state index is 0.0191. The fraction of sp³-hybridized carbons (Fsp3) is 0.464. The molecule has 182 valence electrons. The van der Waals surface area contributed by atoms with Gasteiger partial charge in [0, 0.05) is 12.5 Å². The molecule has 2 aromatic carbocycles. The monoisotopic (exact) mass is 474 g/mol. The fourth-order valence-corrected chi connectivity index (χ4v) is 6.80. The van der Waals surface area contributed by atoms with Crippen LogP contribution >= 0.6 is 0 Å². The number of carbonyl (C=O) groups excluding carboxylic acids is 2. The maximum absolute atomic E-state index is 13.8. The second kappa shape index (κ2) is 8.11. The minimum atomic E-state index is -1.09. The van der Waals surface area contributed by atoms with E-state index < -0.39 is 23.1 Å². The van der Waals surface area contributed by atoms with Crippen LogP contribution in [0.2, 0.25) is 0 Å². The fourth-order valence-electron chi connectivity index (χ4n) is 6.80. The molecule has 0 aromatic heterocycles. The molecule has 2 unspecified atom stereocenters. The first kappa shape index (κ1) is 22.1. The van der Waals surface area contributed by atoms with Crippen LogP contribution < -0.4 is 5.32 Å². The average Bonchev–Trinajstić information content (AvgIpc) is 3.32. The second-order valence-electron chi connectivity index (χ2n) is 10.5. The number of nitrogens with zero attached hydrogens (tertiary/aromatic N) is 1. The molecule has 1 aliphatic heterocycles.